The summed E-state index contributed by atoms with van der Waals surface area (Å²) in [5.74, 6) is -0.171. The van der Waals surface area contributed by atoms with Gasteiger partial charge in [-0.15, -0.1) is 0 Å². The molecule has 7 heteroatoms. The number of rotatable bonds is 3. The van der Waals surface area contributed by atoms with Crippen molar-refractivity contribution in [2.75, 3.05) is 12.4 Å². The predicted octanol–water partition coefficient (Wildman–Crippen LogP) is 1.75. The fraction of sp³-hybridized carbons (Fsp3) is 0.0714. The first-order valence-electron chi connectivity index (χ1n) is 5.79. The Morgan fingerprint density at radius 2 is 1.95 bits per heavy atom. The number of nitriles is 2. The number of anilines is 2. The second kappa shape index (κ2) is 6.13. The van der Waals surface area contributed by atoms with Gasteiger partial charge in [0, 0.05) is 5.69 Å². The van der Waals surface area contributed by atoms with Crippen molar-refractivity contribution in [2.24, 2.45) is 0 Å². The lowest BCUT2D eigenvalue weighted by atomic mass is 10.1. The molecule has 0 bridgehead atoms. The molecule has 0 atom stereocenters. The number of methoxy groups -OCH3 is 1. The minimum atomic E-state index is -0.570. The van der Waals surface area contributed by atoms with Crippen LogP contribution in [0, 0.1) is 22.7 Å². The lowest BCUT2D eigenvalue weighted by Gasteiger charge is -2.06. The Bertz CT molecular complexity index is 756. The van der Waals surface area contributed by atoms with E-state index in [1.807, 2.05) is 12.1 Å². The van der Waals surface area contributed by atoms with Gasteiger partial charge in [-0.1, -0.05) is 0 Å². The number of ether oxygens (including phenoxy) is 1. The highest BCUT2D eigenvalue weighted by Gasteiger charge is 2.08. The van der Waals surface area contributed by atoms with Crippen molar-refractivity contribution in [2.45, 2.75) is 0 Å². The van der Waals surface area contributed by atoms with E-state index in [4.69, 9.17) is 10.5 Å². The molecule has 0 aliphatic rings. The summed E-state index contributed by atoms with van der Waals surface area (Å²) in [6.07, 6.45) is 2.65. The summed E-state index contributed by atoms with van der Waals surface area (Å²) in [5, 5.41) is 20.7. The van der Waals surface area contributed by atoms with Gasteiger partial charge in [-0.2, -0.15) is 10.5 Å². The summed E-state index contributed by atoms with van der Waals surface area (Å²) >= 11 is 0. The van der Waals surface area contributed by atoms with Crippen LogP contribution in [0.3, 0.4) is 0 Å². The molecule has 0 aliphatic heterocycles. The standard InChI is InChI=1S/C14H9N5O2/c1-21-14(20)12-7-18-13(8-17-12)19-11-3-2-9(5-15)10(4-11)6-16/h2-4,7-8H,1H3,(H,18,19). The van der Waals surface area contributed by atoms with Crippen LogP contribution in [0.15, 0.2) is 30.6 Å². The Hall–Kier alpha value is -3.45. The minimum Gasteiger partial charge on any atom is -0.464 e. The van der Waals surface area contributed by atoms with Crippen LogP contribution in [0.1, 0.15) is 21.6 Å². The largest absolute Gasteiger partial charge is 0.464 e. The average Bonchev–Trinajstić information content (AvgIpc) is 2.54. The highest BCUT2D eigenvalue weighted by molar-refractivity contribution is 5.86. The van der Waals surface area contributed by atoms with Gasteiger partial charge in [-0.25, -0.2) is 14.8 Å². The van der Waals surface area contributed by atoms with Crippen molar-refractivity contribution in [3.8, 4) is 12.1 Å². The number of aromatic nitrogens is 2. The van der Waals surface area contributed by atoms with Crippen molar-refractivity contribution in [1.82, 2.24) is 9.97 Å². The zero-order valence-corrected chi connectivity index (χ0v) is 11.0. The van der Waals surface area contributed by atoms with Gasteiger partial charge < -0.3 is 10.1 Å². The topological polar surface area (TPSA) is 112 Å². The molecule has 0 spiro atoms. The zero-order valence-electron chi connectivity index (χ0n) is 11.0. The Morgan fingerprint density at radius 1 is 1.19 bits per heavy atom. The van der Waals surface area contributed by atoms with Crippen LogP contribution in [0.5, 0.6) is 0 Å². The van der Waals surface area contributed by atoms with Crippen LogP contribution in [0.2, 0.25) is 0 Å². The Morgan fingerprint density at radius 3 is 2.52 bits per heavy atom. The smallest absolute Gasteiger partial charge is 0.358 e. The Labute approximate surface area is 120 Å². The first-order chi connectivity index (χ1) is 10.2. The van der Waals surface area contributed by atoms with Gasteiger partial charge in [0.25, 0.3) is 0 Å². The molecule has 21 heavy (non-hydrogen) atoms. The van der Waals surface area contributed by atoms with Gasteiger partial charge in [0.15, 0.2) is 5.69 Å². The van der Waals surface area contributed by atoms with Gasteiger partial charge in [0.05, 0.1) is 30.6 Å². The number of carbonyl (C=O) groups excluding carboxylic acids is 1. The Balaban J connectivity index is 2.21. The molecular formula is C14H9N5O2. The summed E-state index contributed by atoms with van der Waals surface area (Å²) in [4.78, 5) is 19.1. The molecule has 2 aromatic rings. The summed E-state index contributed by atoms with van der Waals surface area (Å²) in [6.45, 7) is 0. The summed E-state index contributed by atoms with van der Waals surface area (Å²) in [5.41, 5.74) is 1.25. The Kier molecular flexibility index (Phi) is 4.08. The highest BCUT2D eigenvalue weighted by Crippen LogP contribution is 2.18. The van der Waals surface area contributed by atoms with E-state index in [-0.39, 0.29) is 11.3 Å². The van der Waals surface area contributed by atoms with E-state index >= 15 is 0 Å². The normalized spacial score (nSPS) is 9.29. The molecule has 1 heterocycles. The van der Waals surface area contributed by atoms with Crippen LogP contribution in [0.25, 0.3) is 0 Å². The van der Waals surface area contributed by atoms with Gasteiger partial charge in [-0.3, -0.25) is 0 Å². The van der Waals surface area contributed by atoms with Crippen LogP contribution < -0.4 is 5.32 Å². The molecule has 7 nitrogen and oxygen atoms in total. The van der Waals surface area contributed by atoms with Crippen LogP contribution in [0.4, 0.5) is 11.5 Å². The van der Waals surface area contributed by atoms with E-state index in [1.165, 1.54) is 31.6 Å². The lowest BCUT2D eigenvalue weighted by molar-refractivity contribution is 0.0593. The number of hydrogen-bond acceptors (Lipinski definition) is 7. The maximum atomic E-state index is 11.2. The molecule has 0 fully saturated rings. The van der Waals surface area contributed by atoms with Gasteiger partial charge in [0.1, 0.15) is 18.0 Å². The molecular weight excluding hydrogens is 270 g/mol. The van der Waals surface area contributed by atoms with Crippen LogP contribution in [-0.4, -0.2) is 23.0 Å². The van der Waals surface area contributed by atoms with E-state index in [9.17, 15) is 4.79 Å². The van der Waals surface area contributed by atoms with Crippen molar-refractivity contribution < 1.29 is 9.53 Å². The predicted molar refractivity (Wildman–Crippen MR) is 72.5 cm³/mol. The summed E-state index contributed by atoms with van der Waals surface area (Å²) < 4.78 is 4.52. The maximum Gasteiger partial charge on any atom is 0.358 e. The van der Waals surface area contributed by atoms with Crippen LogP contribution in [-0.2, 0) is 4.74 Å². The molecule has 1 aromatic carbocycles. The molecule has 0 radical (unpaired) electrons. The first kappa shape index (κ1) is 14.0. The third kappa shape index (κ3) is 3.11. The van der Waals surface area contributed by atoms with E-state index in [2.05, 4.69) is 20.0 Å². The fourth-order valence-corrected chi connectivity index (χ4v) is 1.56. The number of nitrogens with one attached hydrogen (secondary N) is 1. The third-order valence-electron chi connectivity index (χ3n) is 2.58. The van der Waals surface area contributed by atoms with E-state index in [1.54, 1.807) is 6.07 Å². The van der Waals surface area contributed by atoms with Crippen LogP contribution >= 0.6 is 0 Å². The quantitative estimate of drug-likeness (QED) is 0.851. The molecule has 0 saturated heterocycles. The fourth-order valence-electron chi connectivity index (χ4n) is 1.56. The average molecular weight is 279 g/mol. The number of benzene rings is 1. The van der Waals surface area contributed by atoms with Crippen molar-refractivity contribution in [3.63, 3.8) is 0 Å². The molecule has 1 N–H and O–H groups in total. The number of carbonyl (C=O) groups is 1. The number of hydrogen-bond donors (Lipinski definition) is 1. The SMILES string of the molecule is COC(=O)c1cnc(Nc2ccc(C#N)c(C#N)c2)cn1. The van der Waals surface area contributed by atoms with Gasteiger partial charge in [0.2, 0.25) is 0 Å². The van der Waals surface area contributed by atoms with Crippen molar-refractivity contribution in [1.29, 1.82) is 10.5 Å². The molecule has 0 saturated carbocycles. The minimum absolute atomic E-state index is 0.0978. The maximum absolute atomic E-state index is 11.2. The second-order valence-electron chi connectivity index (χ2n) is 3.89. The highest BCUT2D eigenvalue weighted by atomic mass is 16.5. The number of nitrogens with zero attached hydrogens (tertiary/aromatic N) is 4. The molecule has 102 valence electrons. The summed E-state index contributed by atoms with van der Waals surface area (Å²) in [6, 6.07) is 8.60. The molecule has 2 rings (SSSR count). The second-order valence-corrected chi connectivity index (χ2v) is 3.89. The van der Waals surface area contributed by atoms with Gasteiger partial charge >= 0.3 is 5.97 Å². The van der Waals surface area contributed by atoms with Crippen molar-refractivity contribution in [3.05, 3.63) is 47.4 Å². The van der Waals surface area contributed by atoms with E-state index < -0.39 is 5.97 Å². The number of esters is 1. The first-order valence-corrected chi connectivity index (χ1v) is 5.79. The third-order valence-corrected chi connectivity index (χ3v) is 2.58. The van der Waals surface area contributed by atoms with E-state index in [0.29, 0.717) is 17.1 Å². The molecule has 0 amide bonds. The van der Waals surface area contributed by atoms with Gasteiger partial charge in [-0.05, 0) is 18.2 Å². The molecule has 0 aliphatic carbocycles. The van der Waals surface area contributed by atoms with E-state index in [0.717, 1.165) is 0 Å². The van der Waals surface area contributed by atoms with Crippen molar-refractivity contribution >= 4 is 17.5 Å². The molecule has 1 aromatic heterocycles. The molecule has 0 unspecified atom stereocenters. The zero-order chi connectivity index (χ0) is 15.2. The lowest BCUT2D eigenvalue weighted by Crippen LogP contribution is -2.05. The summed E-state index contributed by atoms with van der Waals surface area (Å²) in [7, 11) is 1.26. The monoisotopic (exact) mass is 279 g/mol.